The molecule has 1 amide bonds. The largest absolute Gasteiger partial charge is 0.481 e. The Balaban J connectivity index is 2.89. The Bertz CT molecular complexity index is 610. The number of amides is 1. The van der Waals surface area contributed by atoms with Crippen LogP contribution in [-0.4, -0.2) is 41.1 Å². The van der Waals surface area contributed by atoms with Crippen molar-refractivity contribution in [3.05, 3.63) is 35.9 Å². The second-order valence-corrected chi connectivity index (χ2v) is 7.17. The number of nitrogens with one attached hydrogen (secondary N) is 1. The van der Waals surface area contributed by atoms with E-state index in [2.05, 4.69) is 5.32 Å². The first-order valence-corrected chi connectivity index (χ1v) is 8.61. The zero-order valence-corrected chi connectivity index (χ0v) is 15.5. The highest BCUT2D eigenvalue weighted by molar-refractivity contribution is 5.90. The molecule has 0 aromatic heterocycles. The summed E-state index contributed by atoms with van der Waals surface area (Å²) in [6.45, 7) is 5.35. The maximum atomic E-state index is 12.7. The average Bonchev–Trinajstić information content (AvgIpc) is 2.52. The number of carbonyl (C=O) groups excluding carboxylic acids is 2. The number of carboxylic acid groups (broad SMARTS) is 1. The van der Waals surface area contributed by atoms with E-state index in [1.807, 2.05) is 30.3 Å². The van der Waals surface area contributed by atoms with E-state index in [9.17, 15) is 19.5 Å². The third kappa shape index (κ3) is 8.11. The Morgan fingerprint density at radius 2 is 1.81 bits per heavy atom. The molecule has 0 radical (unpaired) electrons. The molecule has 0 spiro atoms. The summed E-state index contributed by atoms with van der Waals surface area (Å²) in [4.78, 5) is 36.0. The van der Waals surface area contributed by atoms with E-state index >= 15 is 0 Å². The van der Waals surface area contributed by atoms with Crippen LogP contribution < -0.4 is 11.1 Å². The van der Waals surface area contributed by atoms with Crippen LogP contribution in [0.4, 0.5) is 4.79 Å². The van der Waals surface area contributed by atoms with Crippen molar-refractivity contribution in [2.45, 2.75) is 51.7 Å². The summed E-state index contributed by atoms with van der Waals surface area (Å²) >= 11 is 0. The number of ether oxygens (including phenoxy) is 1. The van der Waals surface area contributed by atoms with Crippen LogP contribution in [0.5, 0.6) is 0 Å². The van der Waals surface area contributed by atoms with E-state index in [4.69, 9.17) is 10.5 Å². The quantitative estimate of drug-likeness (QED) is 0.618. The first-order valence-electron chi connectivity index (χ1n) is 8.61. The molecule has 2 atom stereocenters. The number of benzene rings is 1. The Labute approximate surface area is 153 Å². The molecule has 0 aliphatic heterocycles. The smallest absolute Gasteiger partial charge is 0.408 e. The third-order valence-corrected chi connectivity index (χ3v) is 3.67. The fraction of sp³-hybridized carbons (Fsp3) is 0.526. The molecule has 0 heterocycles. The van der Waals surface area contributed by atoms with E-state index < -0.39 is 29.6 Å². The number of rotatable bonds is 9. The molecule has 144 valence electrons. The van der Waals surface area contributed by atoms with Gasteiger partial charge in [-0.05, 0) is 45.7 Å². The summed E-state index contributed by atoms with van der Waals surface area (Å²) in [5, 5.41) is 11.8. The van der Waals surface area contributed by atoms with Crippen molar-refractivity contribution < 1.29 is 24.2 Å². The Hall–Kier alpha value is -2.41. The van der Waals surface area contributed by atoms with Crippen molar-refractivity contribution in [2.24, 2.45) is 11.7 Å². The zero-order chi connectivity index (χ0) is 19.7. The molecule has 7 nitrogen and oxygen atoms in total. The van der Waals surface area contributed by atoms with E-state index in [1.54, 1.807) is 20.8 Å². The van der Waals surface area contributed by atoms with Crippen molar-refractivity contribution in [3.8, 4) is 0 Å². The van der Waals surface area contributed by atoms with Gasteiger partial charge in [0.25, 0.3) is 0 Å². The summed E-state index contributed by atoms with van der Waals surface area (Å²) in [5.74, 6) is -2.30. The summed E-state index contributed by atoms with van der Waals surface area (Å²) in [5.41, 5.74) is 5.58. The number of carboxylic acids is 1. The van der Waals surface area contributed by atoms with Crippen LogP contribution in [0.25, 0.3) is 0 Å². The van der Waals surface area contributed by atoms with Crippen molar-refractivity contribution in [3.63, 3.8) is 0 Å². The number of nitrogens with two attached hydrogens (primary N) is 1. The van der Waals surface area contributed by atoms with Crippen LogP contribution in [0.2, 0.25) is 0 Å². The van der Waals surface area contributed by atoms with Gasteiger partial charge in [0.2, 0.25) is 0 Å². The van der Waals surface area contributed by atoms with Gasteiger partial charge in [-0.2, -0.15) is 0 Å². The molecule has 0 saturated heterocycles. The highest BCUT2D eigenvalue weighted by Gasteiger charge is 2.28. The van der Waals surface area contributed by atoms with Gasteiger partial charge < -0.3 is 20.9 Å². The molecule has 4 N–H and O–H groups in total. The zero-order valence-electron chi connectivity index (χ0n) is 15.5. The van der Waals surface area contributed by atoms with Gasteiger partial charge in [-0.3, -0.25) is 9.59 Å². The third-order valence-electron chi connectivity index (χ3n) is 3.67. The standard InChI is InChI=1S/C19H28N2O5/c1-19(2,3)26-18(25)21-15(11-13-7-5-4-6-8-13)16(22)12-14(9-10-20)17(23)24/h4-8,14-15H,9-12,20H2,1-3H3,(H,21,25)(H,23,24). The van der Waals surface area contributed by atoms with Crippen molar-refractivity contribution in [2.75, 3.05) is 6.54 Å². The fourth-order valence-corrected chi connectivity index (χ4v) is 2.44. The molecular formula is C19H28N2O5. The highest BCUT2D eigenvalue weighted by atomic mass is 16.6. The fourth-order valence-electron chi connectivity index (χ4n) is 2.44. The minimum absolute atomic E-state index is 0.174. The number of Topliss-reactive ketones (excluding diaryl/α,β-unsaturated/α-hetero) is 1. The van der Waals surface area contributed by atoms with Gasteiger partial charge in [0.15, 0.2) is 5.78 Å². The van der Waals surface area contributed by atoms with Crippen LogP contribution in [0, 0.1) is 5.92 Å². The molecule has 0 saturated carbocycles. The van der Waals surface area contributed by atoms with Crippen LogP contribution in [0.3, 0.4) is 0 Å². The molecule has 0 aliphatic rings. The lowest BCUT2D eigenvalue weighted by molar-refractivity contribution is -0.144. The van der Waals surface area contributed by atoms with Gasteiger partial charge in [0.1, 0.15) is 5.60 Å². The molecule has 0 bridgehead atoms. The summed E-state index contributed by atoms with van der Waals surface area (Å²) in [6, 6.07) is 8.32. The predicted octanol–water partition coefficient (Wildman–Crippen LogP) is 2.13. The normalized spacial score (nSPS) is 13.5. The predicted molar refractivity (Wildman–Crippen MR) is 97.7 cm³/mol. The van der Waals surface area contributed by atoms with Crippen molar-refractivity contribution in [1.29, 1.82) is 0 Å². The number of aliphatic carboxylic acids is 1. The minimum atomic E-state index is -1.07. The summed E-state index contributed by atoms with van der Waals surface area (Å²) in [7, 11) is 0. The molecule has 1 aromatic rings. The Kier molecular flexibility index (Phi) is 8.25. The van der Waals surface area contributed by atoms with Gasteiger partial charge in [0.05, 0.1) is 12.0 Å². The molecule has 2 unspecified atom stereocenters. The second-order valence-electron chi connectivity index (χ2n) is 7.17. The van der Waals surface area contributed by atoms with Gasteiger partial charge in [-0.1, -0.05) is 30.3 Å². The van der Waals surface area contributed by atoms with Crippen LogP contribution >= 0.6 is 0 Å². The molecule has 0 aliphatic carbocycles. The van der Waals surface area contributed by atoms with E-state index in [0.29, 0.717) is 0 Å². The maximum absolute atomic E-state index is 12.7. The molecule has 1 rings (SSSR count). The summed E-state index contributed by atoms with van der Waals surface area (Å²) in [6.07, 6.45) is -0.447. The van der Waals surface area contributed by atoms with Crippen molar-refractivity contribution in [1.82, 2.24) is 5.32 Å². The lowest BCUT2D eigenvalue weighted by Gasteiger charge is -2.24. The number of ketones is 1. The Morgan fingerprint density at radius 3 is 2.31 bits per heavy atom. The first-order chi connectivity index (χ1) is 12.1. The average molecular weight is 364 g/mol. The van der Waals surface area contributed by atoms with Crippen LogP contribution in [-0.2, 0) is 20.7 Å². The lowest BCUT2D eigenvalue weighted by Crippen LogP contribution is -2.45. The van der Waals surface area contributed by atoms with Gasteiger partial charge in [0, 0.05) is 6.42 Å². The topological polar surface area (TPSA) is 119 Å². The molecule has 26 heavy (non-hydrogen) atoms. The second kappa shape index (κ2) is 9.91. The lowest BCUT2D eigenvalue weighted by atomic mass is 9.93. The van der Waals surface area contributed by atoms with Gasteiger partial charge >= 0.3 is 12.1 Å². The SMILES string of the molecule is CC(C)(C)OC(=O)NC(Cc1ccccc1)C(=O)CC(CCN)C(=O)O. The van der Waals surface area contributed by atoms with Gasteiger partial charge in [-0.25, -0.2) is 4.79 Å². The molecule has 7 heteroatoms. The highest BCUT2D eigenvalue weighted by Crippen LogP contribution is 2.14. The van der Waals surface area contributed by atoms with Gasteiger partial charge in [-0.15, -0.1) is 0 Å². The van der Waals surface area contributed by atoms with Crippen LogP contribution in [0.1, 0.15) is 39.2 Å². The number of hydrogen-bond donors (Lipinski definition) is 3. The monoisotopic (exact) mass is 364 g/mol. The minimum Gasteiger partial charge on any atom is -0.481 e. The molecule has 1 aromatic carbocycles. The summed E-state index contributed by atoms with van der Waals surface area (Å²) < 4.78 is 5.22. The van der Waals surface area contributed by atoms with E-state index in [-0.39, 0.29) is 31.6 Å². The first kappa shape index (κ1) is 21.6. The van der Waals surface area contributed by atoms with Crippen LogP contribution in [0.15, 0.2) is 30.3 Å². The van der Waals surface area contributed by atoms with E-state index in [0.717, 1.165) is 5.56 Å². The number of alkyl carbamates (subject to hydrolysis) is 1. The molecular weight excluding hydrogens is 336 g/mol. The maximum Gasteiger partial charge on any atom is 0.408 e. The number of hydrogen-bond acceptors (Lipinski definition) is 5. The van der Waals surface area contributed by atoms with Crippen molar-refractivity contribution >= 4 is 17.8 Å². The Morgan fingerprint density at radius 1 is 1.19 bits per heavy atom. The molecule has 0 fully saturated rings. The van der Waals surface area contributed by atoms with E-state index in [1.165, 1.54) is 0 Å². The number of carbonyl (C=O) groups is 3.